The van der Waals surface area contributed by atoms with E-state index in [2.05, 4.69) is 53.3 Å². The molecule has 4 nitrogen and oxygen atoms in total. The number of carboxylic acid groups (broad SMARTS) is 1. The summed E-state index contributed by atoms with van der Waals surface area (Å²) in [6.07, 6.45) is 10.5. The first-order valence-electron chi connectivity index (χ1n) is 13.9. The SMILES string of the molecule is C=C(C)[C@@H]1CC[C@]2(C(=O)O)CC[C@]3(C)[C@H](CC[C@@H]4[C@@]5(C)CC/C(=N/O)C(C)(C)[C@@H]5CC[C@]43C)[C@H]12. The molecule has 0 amide bonds. The summed E-state index contributed by atoms with van der Waals surface area (Å²) in [7, 11) is 0. The molecule has 0 aromatic heterocycles. The summed E-state index contributed by atoms with van der Waals surface area (Å²) in [4.78, 5) is 12.8. The quantitative estimate of drug-likeness (QED) is 0.249. The minimum absolute atomic E-state index is 0.0671. The van der Waals surface area contributed by atoms with Crippen LogP contribution in [0.1, 0.15) is 106 Å². The Morgan fingerprint density at radius 1 is 0.912 bits per heavy atom. The molecule has 5 aliphatic carbocycles. The number of oxime groups is 1. The van der Waals surface area contributed by atoms with Crippen LogP contribution >= 0.6 is 0 Å². The first-order valence-corrected chi connectivity index (χ1v) is 13.9. The smallest absolute Gasteiger partial charge is 0.309 e. The first kappa shape index (κ1) is 24.4. The summed E-state index contributed by atoms with van der Waals surface area (Å²) in [5.41, 5.74) is 2.20. The number of fused-ring (bicyclic) bond motifs is 7. The molecule has 4 heteroatoms. The van der Waals surface area contributed by atoms with Crippen LogP contribution in [-0.4, -0.2) is 22.0 Å². The van der Waals surface area contributed by atoms with Crippen molar-refractivity contribution < 1.29 is 15.1 Å². The van der Waals surface area contributed by atoms with Crippen LogP contribution in [0.25, 0.3) is 0 Å². The summed E-state index contributed by atoms with van der Waals surface area (Å²) >= 11 is 0. The number of hydrogen-bond donors (Lipinski definition) is 2. The summed E-state index contributed by atoms with van der Waals surface area (Å²) < 4.78 is 0. The highest BCUT2D eigenvalue weighted by Crippen LogP contribution is 2.77. The molecule has 0 bridgehead atoms. The van der Waals surface area contributed by atoms with Crippen molar-refractivity contribution in [2.24, 2.45) is 61.8 Å². The molecule has 0 aromatic rings. The van der Waals surface area contributed by atoms with Gasteiger partial charge < -0.3 is 10.3 Å². The normalized spacial score (nSPS) is 52.8. The zero-order valence-electron chi connectivity index (χ0n) is 22.4. The Kier molecular flexibility index (Phi) is 5.27. The van der Waals surface area contributed by atoms with E-state index in [1.54, 1.807) is 0 Å². The topological polar surface area (TPSA) is 69.9 Å². The zero-order valence-corrected chi connectivity index (χ0v) is 22.4. The summed E-state index contributed by atoms with van der Waals surface area (Å²) in [6, 6.07) is 0. The standard InChI is InChI=1S/C30H47NO3/c1-18(2)19-10-15-30(25(32)33)17-16-28(6)20(24(19)30)8-9-22-27(5)13-12-23(31-34)26(3,4)21(27)11-14-29(22,28)7/h19-22,24,34H,1,8-17H2,2-7H3,(H,32,33)/b31-23-/t19-,20+,21-,22+,24-,27-,28+,29+,30-/m0/s1. The van der Waals surface area contributed by atoms with Crippen LogP contribution in [0.5, 0.6) is 0 Å². The van der Waals surface area contributed by atoms with Crippen LogP contribution in [0, 0.1) is 56.7 Å². The zero-order chi connectivity index (χ0) is 24.9. The van der Waals surface area contributed by atoms with Crippen LogP contribution < -0.4 is 0 Å². The summed E-state index contributed by atoms with van der Waals surface area (Å²) in [5, 5.41) is 24.0. The number of rotatable bonds is 2. The van der Waals surface area contributed by atoms with E-state index in [1.807, 2.05) is 0 Å². The fourth-order valence-electron chi connectivity index (χ4n) is 11.5. The molecule has 5 aliphatic rings. The van der Waals surface area contributed by atoms with Gasteiger partial charge in [0.2, 0.25) is 0 Å². The highest BCUT2D eigenvalue weighted by atomic mass is 16.4. The van der Waals surface area contributed by atoms with Crippen LogP contribution in [0.4, 0.5) is 0 Å². The molecule has 0 heterocycles. The Morgan fingerprint density at radius 2 is 1.62 bits per heavy atom. The molecular weight excluding hydrogens is 422 g/mol. The van der Waals surface area contributed by atoms with Gasteiger partial charge in [-0.1, -0.05) is 51.9 Å². The van der Waals surface area contributed by atoms with Gasteiger partial charge in [-0.15, -0.1) is 0 Å². The van der Waals surface area contributed by atoms with Crippen LogP contribution in [-0.2, 0) is 4.79 Å². The van der Waals surface area contributed by atoms with E-state index in [9.17, 15) is 15.1 Å². The molecule has 34 heavy (non-hydrogen) atoms. The number of hydrogen-bond acceptors (Lipinski definition) is 3. The van der Waals surface area contributed by atoms with Gasteiger partial charge in [-0.3, -0.25) is 4.79 Å². The lowest BCUT2D eigenvalue weighted by atomic mass is 9.32. The molecule has 2 N–H and O–H groups in total. The van der Waals surface area contributed by atoms with E-state index in [0.29, 0.717) is 23.7 Å². The van der Waals surface area contributed by atoms with E-state index in [4.69, 9.17) is 0 Å². The van der Waals surface area contributed by atoms with Gasteiger partial charge in [-0.2, -0.15) is 0 Å². The van der Waals surface area contributed by atoms with Crippen molar-refractivity contribution in [1.29, 1.82) is 0 Å². The Balaban J connectivity index is 1.56. The van der Waals surface area contributed by atoms with E-state index >= 15 is 0 Å². The second-order valence-electron chi connectivity index (χ2n) is 14.4. The third-order valence-corrected chi connectivity index (χ3v) is 13.4. The molecule has 0 radical (unpaired) electrons. The van der Waals surface area contributed by atoms with Gasteiger partial charge >= 0.3 is 5.97 Å². The maximum Gasteiger partial charge on any atom is 0.309 e. The minimum atomic E-state index is -0.545. The third kappa shape index (κ3) is 2.72. The monoisotopic (exact) mass is 469 g/mol. The molecule has 0 saturated heterocycles. The van der Waals surface area contributed by atoms with Crippen molar-refractivity contribution in [1.82, 2.24) is 0 Å². The third-order valence-electron chi connectivity index (χ3n) is 13.4. The molecule has 0 aromatic carbocycles. The Labute approximate surface area is 206 Å². The van der Waals surface area contributed by atoms with Crippen molar-refractivity contribution in [3.63, 3.8) is 0 Å². The van der Waals surface area contributed by atoms with Gasteiger partial charge in [-0.05, 0) is 117 Å². The number of allylic oxidation sites excluding steroid dienone is 1. The number of nitrogens with zero attached hydrogens (tertiary/aromatic N) is 1. The second kappa shape index (κ2) is 7.35. The molecular formula is C30H47NO3. The molecule has 0 unspecified atom stereocenters. The van der Waals surface area contributed by atoms with Crippen molar-refractivity contribution in [2.75, 3.05) is 0 Å². The lowest BCUT2D eigenvalue weighted by Gasteiger charge is -2.72. The second-order valence-corrected chi connectivity index (χ2v) is 14.4. The lowest BCUT2D eigenvalue weighted by Crippen LogP contribution is -2.66. The lowest BCUT2D eigenvalue weighted by molar-refractivity contribution is -0.230. The Hall–Kier alpha value is -1.32. The van der Waals surface area contributed by atoms with Gasteiger partial charge in [0, 0.05) is 5.41 Å². The van der Waals surface area contributed by atoms with Crippen molar-refractivity contribution in [3.05, 3.63) is 12.2 Å². The predicted octanol–water partition coefficient (Wildman–Crippen LogP) is 7.56. The van der Waals surface area contributed by atoms with E-state index < -0.39 is 11.4 Å². The molecule has 190 valence electrons. The molecule has 5 rings (SSSR count). The van der Waals surface area contributed by atoms with Gasteiger partial charge in [0.15, 0.2) is 0 Å². The first-order chi connectivity index (χ1) is 15.8. The Morgan fingerprint density at radius 3 is 2.24 bits per heavy atom. The Bertz CT molecular complexity index is 937. The number of aliphatic carboxylic acids is 1. The van der Waals surface area contributed by atoms with E-state index in [0.717, 1.165) is 50.7 Å². The average molecular weight is 470 g/mol. The maximum absolute atomic E-state index is 12.8. The molecule has 0 aliphatic heterocycles. The average Bonchev–Trinajstić information content (AvgIpc) is 3.15. The molecule has 0 spiro atoms. The van der Waals surface area contributed by atoms with Gasteiger partial charge in [-0.25, -0.2) is 0 Å². The van der Waals surface area contributed by atoms with Crippen LogP contribution in [0.15, 0.2) is 17.3 Å². The predicted molar refractivity (Wildman–Crippen MR) is 136 cm³/mol. The molecule has 5 fully saturated rings. The highest BCUT2D eigenvalue weighted by Gasteiger charge is 2.71. The van der Waals surface area contributed by atoms with Crippen molar-refractivity contribution in [2.45, 2.75) is 106 Å². The fourth-order valence-corrected chi connectivity index (χ4v) is 11.5. The van der Waals surface area contributed by atoms with E-state index in [-0.39, 0.29) is 27.6 Å². The summed E-state index contributed by atoms with van der Waals surface area (Å²) in [6.45, 7) is 18.8. The fraction of sp³-hybridized carbons (Fsp3) is 0.867. The molecule has 9 atom stereocenters. The van der Waals surface area contributed by atoms with Gasteiger partial charge in [0.1, 0.15) is 0 Å². The minimum Gasteiger partial charge on any atom is -0.481 e. The van der Waals surface area contributed by atoms with Gasteiger partial charge in [0.25, 0.3) is 0 Å². The van der Waals surface area contributed by atoms with Crippen LogP contribution in [0.2, 0.25) is 0 Å². The number of carboxylic acids is 1. The number of carbonyl (C=O) groups is 1. The van der Waals surface area contributed by atoms with Crippen LogP contribution in [0.3, 0.4) is 0 Å². The van der Waals surface area contributed by atoms with Crippen molar-refractivity contribution in [3.8, 4) is 0 Å². The maximum atomic E-state index is 12.8. The van der Waals surface area contributed by atoms with E-state index in [1.165, 1.54) is 24.8 Å². The van der Waals surface area contributed by atoms with Gasteiger partial charge in [0.05, 0.1) is 11.1 Å². The van der Waals surface area contributed by atoms with Crippen molar-refractivity contribution >= 4 is 11.7 Å². The summed E-state index contributed by atoms with van der Waals surface area (Å²) in [5.74, 6) is 1.69. The molecule has 5 saturated carbocycles. The highest BCUT2D eigenvalue weighted by molar-refractivity contribution is 5.90. The largest absolute Gasteiger partial charge is 0.481 e.